The van der Waals surface area contributed by atoms with E-state index in [1.165, 1.54) is 68.4 Å². The number of hydrogen-bond acceptors (Lipinski definition) is 3. The number of anilines is 1. The van der Waals surface area contributed by atoms with Crippen molar-refractivity contribution in [2.45, 2.75) is 57.8 Å². The van der Waals surface area contributed by atoms with Crippen molar-refractivity contribution in [2.24, 2.45) is 17.8 Å². The molecule has 4 amide bonds. The van der Waals surface area contributed by atoms with Crippen LogP contribution in [0, 0.1) is 37.4 Å². The number of carbonyl (C=O) groups excluding carboxylic acids is 3. The minimum absolute atomic E-state index is 0.201. The molecule has 1 N–H and O–H groups in total. The molecule has 1 saturated heterocycles. The highest BCUT2D eigenvalue weighted by Gasteiger charge is 2.51. The van der Waals surface area contributed by atoms with Crippen LogP contribution in [0.1, 0.15) is 61.0 Å². The molecule has 4 aliphatic carbocycles. The molecule has 0 unspecified atom stereocenters. The fraction of sp³-hybridized carbons (Fsp3) is 0.364. The van der Waals surface area contributed by atoms with Crippen molar-refractivity contribution in [3.63, 3.8) is 0 Å². The molecule has 40 heavy (non-hydrogen) atoms. The fourth-order valence-corrected chi connectivity index (χ4v) is 8.42. The molecule has 5 aliphatic rings. The Morgan fingerprint density at radius 1 is 0.900 bits per heavy atom. The van der Waals surface area contributed by atoms with Crippen molar-refractivity contribution in [1.29, 1.82) is 0 Å². The molecule has 2 aromatic carbocycles. The van der Waals surface area contributed by atoms with Crippen molar-refractivity contribution in [3.8, 4) is 5.69 Å². The van der Waals surface area contributed by atoms with Crippen molar-refractivity contribution in [1.82, 2.24) is 9.88 Å². The Hall–Kier alpha value is -4.00. The van der Waals surface area contributed by atoms with Crippen LogP contribution in [0.15, 0.2) is 60.2 Å². The highest BCUT2D eigenvalue weighted by Crippen LogP contribution is 2.60. The summed E-state index contributed by atoms with van der Waals surface area (Å²) < 4.78 is 16.5. The number of aryl methyl sites for hydroxylation is 1. The zero-order valence-electron chi connectivity index (χ0n) is 22.7. The number of para-hydroxylation sites is 1. The second-order valence-corrected chi connectivity index (χ2v) is 12.3. The molecule has 4 bridgehead atoms. The Kier molecular flexibility index (Phi) is 5.63. The third-order valence-electron chi connectivity index (χ3n) is 9.74. The number of urea groups is 1. The third kappa shape index (κ3) is 3.86. The van der Waals surface area contributed by atoms with Crippen LogP contribution in [0.2, 0.25) is 0 Å². The molecule has 3 aromatic rings. The number of aromatic nitrogens is 1. The number of barbiturate groups is 1. The van der Waals surface area contributed by atoms with Crippen LogP contribution in [0.5, 0.6) is 0 Å². The fourth-order valence-electron chi connectivity index (χ4n) is 8.42. The minimum atomic E-state index is -0.971. The minimum Gasteiger partial charge on any atom is -0.318 e. The van der Waals surface area contributed by atoms with Gasteiger partial charge in [-0.05, 0) is 123 Å². The number of imide groups is 2. The Bertz CT molecular complexity index is 1560. The number of benzene rings is 2. The van der Waals surface area contributed by atoms with Gasteiger partial charge in [0.25, 0.3) is 11.8 Å². The summed E-state index contributed by atoms with van der Waals surface area (Å²) in [6.45, 7) is 3.93. The van der Waals surface area contributed by atoms with Crippen LogP contribution in [0.25, 0.3) is 11.8 Å². The molecule has 6 nitrogen and oxygen atoms in total. The lowest BCUT2D eigenvalue weighted by atomic mass is 9.48. The first-order valence-corrected chi connectivity index (χ1v) is 14.2. The Morgan fingerprint density at radius 2 is 1.52 bits per heavy atom. The van der Waals surface area contributed by atoms with Crippen molar-refractivity contribution >= 4 is 29.6 Å². The van der Waals surface area contributed by atoms with Crippen molar-refractivity contribution < 1.29 is 18.8 Å². The largest absolute Gasteiger partial charge is 0.336 e. The molecule has 0 spiro atoms. The zero-order chi connectivity index (χ0) is 27.8. The lowest BCUT2D eigenvalue weighted by molar-refractivity contribution is -0.122. The lowest BCUT2D eigenvalue weighted by Crippen LogP contribution is -2.54. The quantitative estimate of drug-likeness (QED) is 0.311. The van der Waals surface area contributed by atoms with Gasteiger partial charge in [-0.15, -0.1) is 0 Å². The number of halogens is 1. The maximum absolute atomic E-state index is 14.4. The van der Waals surface area contributed by atoms with E-state index >= 15 is 0 Å². The van der Waals surface area contributed by atoms with Gasteiger partial charge < -0.3 is 4.57 Å². The Morgan fingerprint density at radius 3 is 2.15 bits per heavy atom. The molecule has 1 aromatic heterocycles. The molecule has 2 heterocycles. The van der Waals surface area contributed by atoms with E-state index in [4.69, 9.17) is 0 Å². The molecular formula is C33H32FN3O3. The average Bonchev–Trinajstić information content (AvgIpc) is 3.19. The summed E-state index contributed by atoms with van der Waals surface area (Å²) in [7, 11) is 0. The number of nitrogens with one attached hydrogen (secondary N) is 1. The summed E-state index contributed by atoms with van der Waals surface area (Å²) in [6.07, 6.45) is 9.71. The second kappa shape index (κ2) is 9.01. The van der Waals surface area contributed by atoms with Crippen LogP contribution in [0.3, 0.4) is 0 Å². The van der Waals surface area contributed by atoms with Gasteiger partial charge >= 0.3 is 6.03 Å². The first-order chi connectivity index (χ1) is 19.2. The van der Waals surface area contributed by atoms with E-state index in [0.29, 0.717) is 15.9 Å². The predicted octanol–water partition coefficient (Wildman–Crippen LogP) is 6.37. The smallest absolute Gasteiger partial charge is 0.318 e. The summed E-state index contributed by atoms with van der Waals surface area (Å²) in [4.78, 5) is 39.1. The van der Waals surface area contributed by atoms with Gasteiger partial charge in [0.2, 0.25) is 0 Å². The topological polar surface area (TPSA) is 71.4 Å². The summed E-state index contributed by atoms with van der Waals surface area (Å²) in [5.41, 5.74) is 4.90. The zero-order valence-corrected chi connectivity index (χ0v) is 22.7. The van der Waals surface area contributed by atoms with Gasteiger partial charge in [0.15, 0.2) is 0 Å². The van der Waals surface area contributed by atoms with E-state index in [1.807, 2.05) is 19.9 Å². The van der Waals surface area contributed by atoms with Crippen LogP contribution in [-0.2, 0) is 15.0 Å². The summed E-state index contributed by atoms with van der Waals surface area (Å²) in [5, 5.41) is 2.17. The molecule has 204 valence electrons. The number of nitrogens with zero attached hydrogens (tertiary/aromatic N) is 2. The van der Waals surface area contributed by atoms with Gasteiger partial charge in [-0.25, -0.2) is 14.1 Å². The maximum Gasteiger partial charge on any atom is 0.336 e. The standard InChI is InChI=1S/C33H32FN3O3/c1-19-11-24(15-27-30(38)35-32(40)37(31(27)39)29-6-4-3-5-28(29)34)20(2)36(19)26-9-7-25(8-10-26)33-16-21-12-22(17-33)14-23(13-21)18-33/h3-11,15,21-23H,12-14,16-18H2,1-2H3,(H,35,38,40)/b27-15+. The highest BCUT2D eigenvalue weighted by atomic mass is 19.1. The third-order valence-corrected chi connectivity index (χ3v) is 9.74. The molecule has 7 heteroatoms. The van der Waals surface area contributed by atoms with Crippen LogP contribution >= 0.6 is 0 Å². The molecule has 0 atom stereocenters. The molecule has 0 radical (unpaired) electrons. The van der Waals surface area contributed by atoms with Crippen LogP contribution in [-0.4, -0.2) is 22.4 Å². The Labute approximate surface area is 232 Å². The summed E-state index contributed by atoms with van der Waals surface area (Å²) >= 11 is 0. The van der Waals surface area contributed by atoms with Gasteiger partial charge in [-0.2, -0.15) is 0 Å². The van der Waals surface area contributed by atoms with Crippen LogP contribution in [0.4, 0.5) is 14.9 Å². The van der Waals surface area contributed by atoms with Gasteiger partial charge in [-0.3, -0.25) is 14.9 Å². The van der Waals surface area contributed by atoms with Gasteiger partial charge in [-0.1, -0.05) is 24.3 Å². The second-order valence-electron chi connectivity index (χ2n) is 12.3. The number of carbonyl (C=O) groups is 3. The molecule has 4 saturated carbocycles. The van der Waals surface area contributed by atoms with E-state index in [0.717, 1.165) is 40.9 Å². The summed E-state index contributed by atoms with van der Waals surface area (Å²) in [5.74, 6) is 0.282. The maximum atomic E-state index is 14.4. The van der Waals surface area contributed by atoms with E-state index in [-0.39, 0.29) is 11.3 Å². The normalized spacial score (nSPS) is 28.5. The predicted molar refractivity (Wildman–Crippen MR) is 150 cm³/mol. The summed E-state index contributed by atoms with van der Waals surface area (Å²) in [6, 6.07) is 15.4. The van der Waals surface area contributed by atoms with Gasteiger partial charge in [0, 0.05) is 17.1 Å². The van der Waals surface area contributed by atoms with E-state index in [9.17, 15) is 18.8 Å². The molecule has 8 rings (SSSR count). The van der Waals surface area contributed by atoms with Gasteiger partial charge in [0.1, 0.15) is 11.4 Å². The lowest BCUT2D eigenvalue weighted by Gasteiger charge is -2.57. The molecular weight excluding hydrogens is 505 g/mol. The van der Waals surface area contributed by atoms with Gasteiger partial charge in [0.05, 0.1) is 5.69 Å². The van der Waals surface area contributed by atoms with E-state index in [1.54, 1.807) is 0 Å². The van der Waals surface area contributed by atoms with Crippen LogP contribution < -0.4 is 10.2 Å². The van der Waals surface area contributed by atoms with Crippen molar-refractivity contribution in [3.05, 3.63) is 88.5 Å². The first-order valence-electron chi connectivity index (χ1n) is 14.2. The Balaban J connectivity index is 1.20. The SMILES string of the molecule is Cc1cc(/C=C2\C(=O)NC(=O)N(c3ccccc3F)C2=O)c(C)n1-c1ccc(C23CC4CC(CC(C4)C2)C3)cc1. The van der Waals surface area contributed by atoms with Crippen molar-refractivity contribution in [2.75, 3.05) is 4.90 Å². The highest BCUT2D eigenvalue weighted by molar-refractivity contribution is 6.39. The monoisotopic (exact) mass is 537 g/mol. The number of rotatable bonds is 4. The molecule has 1 aliphatic heterocycles. The van der Waals surface area contributed by atoms with E-state index in [2.05, 4.69) is 34.1 Å². The van der Waals surface area contributed by atoms with E-state index < -0.39 is 23.7 Å². The molecule has 5 fully saturated rings. The first kappa shape index (κ1) is 25.0. The average molecular weight is 538 g/mol. The number of hydrogen-bond donors (Lipinski definition) is 1. The number of amides is 4.